The van der Waals surface area contributed by atoms with Crippen molar-refractivity contribution < 1.29 is 13.2 Å². The van der Waals surface area contributed by atoms with Gasteiger partial charge in [0.15, 0.2) is 11.0 Å². The lowest BCUT2D eigenvalue weighted by atomic mass is 10.1. The van der Waals surface area contributed by atoms with Crippen LogP contribution in [0.4, 0.5) is 23.1 Å². The highest BCUT2D eigenvalue weighted by atomic mass is 35.5. The van der Waals surface area contributed by atoms with E-state index in [9.17, 15) is 8.42 Å². The highest BCUT2D eigenvalue weighted by molar-refractivity contribution is 7.90. The van der Waals surface area contributed by atoms with E-state index in [2.05, 4.69) is 51.6 Å². The second kappa shape index (κ2) is 11.7. The average molecular weight is 564 g/mol. The van der Waals surface area contributed by atoms with E-state index in [1.165, 1.54) is 17.3 Å². The van der Waals surface area contributed by atoms with Gasteiger partial charge in [0.1, 0.15) is 11.6 Å². The molecule has 0 amide bonds. The lowest BCUT2D eigenvalue weighted by Crippen LogP contribution is -2.40. The Bertz CT molecular complexity index is 1380. The van der Waals surface area contributed by atoms with E-state index in [0.717, 1.165) is 18.7 Å². The third-order valence-electron chi connectivity index (χ3n) is 5.64. The average Bonchev–Trinajstić information content (AvgIpc) is 2.85. The first-order chi connectivity index (χ1) is 18.0. The van der Waals surface area contributed by atoms with Crippen LogP contribution in [-0.4, -0.2) is 83.6 Å². The zero-order chi connectivity index (χ0) is 27.4. The first kappa shape index (κ1) is 27.8. The molecule has 1 fully saturated rings. The smallest absolute Gasteiger partial charge is 0.312 e. The number of hydrogen-bond donors (Lipinski definition) is 4. The van der Waals surface area contributed by atoms with Crippen LogP contribution >= 0.6 is 11.6 Å². The second-order valence-corrected chi connectivity index (χ2v) is 10.6. The molecule has 5 N–H and O–H groups in total. The summed E-state index contributed by atoms with van der Waals surface area (Å²) < 4.78 is 32.5. The largest absolute Gasteiger partial charge is 0.379 e. The summed E-state index contributed by atoms with van der Waals surface area (Å²) in [6, 6.07) is 3.53. The molecule has 16 heteroatoms. The van der Waals surface area contributed by atoms with Gasteiger partial charge in [-0.05, 0) is 31.5 Å². The van der Waals surface area contributed by atoms with Crippen molar-refractivity contribution >= 4 is 45.0 Å². The molecule has 1 atom stereocenters. The third-order valence-corrected chi connectivity index (χ3v) is 7.03. The molecule has 1 saturated heterocycles. The molecular weight excluding hydrogens is 534 g/mol. The first-order valence-electron chi connectivity index (χ1n) is 11.7. The molecule has 0 spiro atoms. The van der Waals surface area contributed by atoms with Crippen molar-refractivity contribution in [3.8, 4) is 11.4 Å². The topological polar surface area (TPSA) is 176 Å². The third kappa shape index (κ3) is 7.00. The minimum atomic E-state index is -3.93. The van der Waals surface area contributed by atoms with E-state index in [1.54, 1.807) is 27.2 Å². The normalized spacial score (nSPS) is 15.4. The highest BCUT2D eigenvalue weighted by Crippen LogP contribution is 2.32. The van der Waals surface area contributed by atoms with Crippen LogP contribution in [-0.2, 0) is 14.9 Å². The van der Waals surface area contributed by atoms with Gasteiger partial charge in [-0.25, -0.2) is 20.0 Å². The molecule has 4 heterocycles. The Morgan fingerprint density at radius 2 is 1.87 bits per heavy atom. The van der Waals surface area contributed by atoms with E-state index in [4.69, 9.17) is 22.1 Å². The maximum Gasteiger partial charge on any atom is 0.312 e. The maximum absolute atomic E-state index is 12.3. The molecule has 3 aromatic rings. The summed E-state index contributed by atoms with van der Waals surface area (Å²) >= 11 is 6.16. The molecule has 14 nitrogen and oxygen atoms in total. The number of aromatic nitrogens is 5. The second-order valence-electron chi connectivity index (χ2n) is 8.83. The number of morpholine rings is 1. The van der Waals surface area contributed by atoms with Crippen LogP contribution in [0, 0.1) is 6.92 Å². The van der Waals surface area contributed by atoms with E-state index >= 15 is 0 Å². The Labute approximate surface area is 226 Å². The van der Waals surface area contributed by atoms with Crippen molar-refractivity contribution in [1.82, 2.24) is 39.7 Å². The summed E-state index contributed by atoms with van der Waals surface area (Å²) in [4.78, 5) is 26.2. The lowest BCUT2D eigenvalue weighted by molar-refractivity contribution is 0.0198. The predicted octanol–water partition coefficient (Wildman–Crippen LogP) is 1.73. The summed E-state index contributed by atoms with van der Waals surface area (Å²) in [6.07, 6.45) is 3.24. The first-order valence-corrected chi connectivity index (χ1v) is 13.6. The van der Waals surface area contributed by atoms with Crippen molar-refractivity contribution in [2.24, 2.45) is 0 Å². The van der Waals surface area contributed by atoms with Gasteiger partial charge < -0.3 is 15.8 Å². The number of nitrogens with one attached hydrogen (secondary N) is 3. The molecule has 0 radical (unpaired) electrons. The molecule has 0 bridgehead atoms. The van der Waals surface area contributed by atoms with Crippen LogP contribution < -0.4 is 20.6 Å². The Hall–Kier alpha value is -3.21. The predicted molar refractivity (Wildman–Crippen MR) is 145 cm³/mol. The number of halogens is 1. The number of aryl methyl sites for hydroxylation is 1. The summed E-state index contributed by atoms with van der Waals surface area (Å²) in [5.41, 5.74) is 7.97. The van der Waals surface area contributed by atoms with Crippen molar-refractivity contribution in [3.05, 3.63) is 41.1 Å². The van der Waals surface area contributed by atoms with Crippen LogP contribution in [0.25, 0.3) is 11.4 Å². The quantitative estimate of drug-likeness (QED) is 0.219. The molecule has 3 aromatic heterocycles. The Kier molecular flexibility index (Phi) is 8.54. The molecule has 1 aliphatic rings. The minimum absolute atomic E-state index is 0.0246. The van der Waals surface area contributed by atoms with Crippen LogP contribution in [0.3, 0.4) is 0 Å². The number of hydrogen-bond acceptors (Lipinski definition) is 12. The molecule has 204 valence electrons. The number of pyridine rings is 2. The van der Waals surface area contributed by atoms with Gasteiger partial charge in [0.25, 0.3) is 0 Å². The SMILES string of the molecule is Cc1nc(N)nc(-c2cc(C(C)N3CCOCC3)cnc2Nc2cnc(Cl)c(NS(=O)(=O)NN(C)C)c2)n1. The number of hydrazine groups is 1. The summed E-state index contributed by atoms with van der Waals surface area (Å²) in [5, 5.41) is 4.43. The molecule has 4 rings (SSSR count). The van der Waals surface area contributed by atoms with Gasteiger partial charge in [-0.15, -0.1) is 4.83 Å². The molecule has 1 unspecified atom stereocenters. The summed E-state index contributed by atoms with van der Waals surface area (Å²) in [5.74, 6) is 1.31. The monoisotopic (exact) mass is 563 g/mol. The van der Waals surface area contributed by atoms with Gasteiger partial charge in [0.05, 0.1) is 36.3 Å². The molecule has 1 aliphatic heterocycles. The van der Waals surface area contributed by atoms with Gasteiger partial charge in [0.2, 0.25) is 5.95 Å². The van der Waals surface area contributed by atoms with Crippen LogP contribution in [0.1, 0.15) is 24.4 Å². The summed E-state index contributed by atoms with van der Waals surface area (Å²) in [7, 11) is -0.839. The Morgan fingerprint density at radius 1 is 1.13 bits per heavy atom. The van der Waals surface area contributed by atoms with E-state index in [1.807, 2.05) is 6.07 Å². The Morgan fingerprint density at radius 3 is 2.55 bits per heavy atom. The number of nitrogens with two attached hydrogens (primary N) is 1. The van der Waals surface area contributed by atoms with Gasteiger partial charge in [-0.1, -0.05) is 11.6 Å². The fourth-order valence-corrected chi connectivity index (χ4v) is 5.09. The maximum atomic E-state index is 12.3. The van der Waals surface area contributed by atoms with Crippen molar-refractivity contribution in [2.45, 2.75) is 19.9 Å². The van der Waals surface area contributed by atoms with Gasteiger partial charge >= 0.3 is 10.2 Å². The fourth-order valence-electron chi connectivity index (χ4n) is 3.91. The number of anilines is 4. The number of ether oxygens (including phenoxy) is 1. The fraction of sp³-hybridized carbons (Fsp3) is 0.409. The van der Waals surface area contributed by atoms with Crippen LogP contribution in [0.5, 0.6) is 0 Å². The van der Waals surface area contributed by atoms with Crippen molar-refractivity contribution in [1.29, 1.82) is 0 Å². The molecule has 0 aromatic carbocycles. The van der Waals surface area contributed by atoms with Crippen LogP contribution in [0.2, 0.25) is 5.15 Å². The number of rotatable bonds is 9. The zero-order valence-corrected chi connectivity index (χ0v) is 23.0. The molecular formula is C22H30ClN11O3S. The molecule has 0 aliphatic carbocycles. The Balaban J connectivity index is 1.70. The number of nitrogen functional groups attached to an aromatic ring is 1. The van der Waals surface area contributed by atoms with E-state index < -0.39 is 10.2 Å². The van der Waals surface area contributed by atoms with Crippen molar-refractivity contribution in [3.63, 3.8) is 0 Å². The minimum Gasteiger partial charge on any atom is -0.379 e. The number of nitrogens with zero attached hydrogens (tertiary/aromatic N) is 7. The van der Waals surface area contributed by atoms with Gasteiger partial charge in [-0.2, -0.15) is 18.4 Å². The summed E-state index contributed by atoms with van der Waals surface area (Å²) in [6.45, 7) is 6.81. The van der Waals surface area contributed by atoms with Gasteiger partial charge in [0, 0.05) is 39.4 Å². The molecule has 38 heavy (non-hydrogen) atoms. The zero-order valence-electron chi connectivity index (χ0n) is 21.4. The standard InChI is InChI=1S/C22H30ClN11O3S/c1-13(34-5-7-37-8-6-34)15-9-17(21-27-14(2)28-22(24)30-21)20(26-11-15)29-16-10-18(19(23)25-12-16)31-38(35,36)32-33(3)4/h9-13,31-32H,5-8H2,1-4H3,(H,26,29)(H2,24,27,28,30). The lowest BCUT2D eigenvalue weighted by Gasteiger charge is -2.32. The van der Waals surface area contributed by atoms with E-state index in [0.29, 0.717) is 41.9 Å². The molecule has 0 saturated carbocycles. The van der Waals surface area contributed by atoms with E-state index in [-0.39, 0.29) is 22.8 Å². The highest BCUT2D eigenvalue weighted by Gasteiger charge is 2.22. The van der Waals surface area contributed by atoms with Crippen molar-refractivity contribution in [2.75, 3.05) is 56.2 Å². The van der Waals surface area contributed by atoms with Gasteiger partial charge in [-0.3, -0.25) is 9.62 Å². The van der Waals surface area contributed by atoms with Crippen LogP contribution in [0.15, 0.2) is 24.5 Å².